The van der Waals surface area contributed by atoms with Crippen molar-refractivity contribution in [1.29, 1.82) is 0 Å². The second kappa shape index (κ2) is 6.44. The van der Waals surface area contributed by atoms with Crippen LogP contribution in [0.1, 0.15) is 52.9 Å². The Bertz CT molecular complexity index is 787. The Morgan fingerprint density at radius 1 is 1.04 bits per heavy atom. The fourth-order valence-corrected chi connectivity index (χ4v) is 7.90. The summed E-state index contributed by atoms with van der Waals surface area (Å²) in [7, 11) is 0.778. The molecule has 3 rings (SSSR count). The zero-order chi connectivity index (χ0) is 21.1. The molecule has 154 valence electrons. The van der Waals surface area contributed by atoms with E-state index in [2.05, 4.69) is 46.5 Å². The average molecular weight is 403 g/mol. The lowest BCUT2D eigenvalue weighted by Crippen LogP contribution is -2.43. The van der Waals surface area contributed by atoms with E-state index in [1.807, 2.05) is 0 Å². The lowest BCUT2D eigenvalue weighted by Gasteiger charge is -2.44. The summed E-state index contributed by atoms with van der Waals surface area (Å²) >= 11 is 0. The smallest absolute Gasteiger partial charge is 0.323 e. The van der Waals surface area contributed by atoms with Gasteiger partial charge in [-0.2, -0.15) is 0 Å². The van der Waals surface area contributed by atoms with E-state index in [9.17, 15) is 9.59 Å². The summed E-state index contributed by atoms with van der Waals surface area (Å²) < 4.78 is 10.2. The van der Waals surface area contributed by atoms with Gasteiger partial charge < -0.3 is 9.47 Å². The van der Waals surface area contributed by atoms with Gasteiger partial charge in [0.2, 0.25) is 0 Å². The topological polar surface area (TPSA) is 52.6 Å². The van der Waals surface area contributed by atoms with Crippen LogP contribution in [-0.4, -0.2) is 34.2 Å². The van der Waals surface area contributed by atoms with Crippen LogP contribution in [0.5, 0.6) is 0 Å². The highest BCUT2D eigenvalue weighted by atomic mass is 28.3. The zero-order valence-electron chi connectivity index (χ0n) is 18.5. The molecule has 4 nitrogen and oxygen atoms in total. The number of allylic oxidation sites excluding steroid dienone is 5. The molecule has 0 N–H and O–H groups in total. The summed E-state index contributed by atoms with van der Waals surface area (Å²) in [6, 6.07) is 0. The van der Waals surface area contributed by atoms with E-state index in [0.29, 0.717) is 12.8 Å². The predicted molar refractivity (Wildman–Crippen MR) is 113 cm³/mol. The van der Waals surface area contributed by atoms with E-state index in [4.69, 9.17) is 9.47 Å². The van der Waals surface area contributed by atoms with Gasteiger partial charge >= 0.3 is 11.9 Å². The number of hydrogen-bond donors (Lipinski definition) is 0. The Balaban J connectivity index is 2.20. The van der Waals surface area contributed by atoms with Gasteiger partial charge in [-0.1, -0.05) is 57.3 Å². The fourth-order valence-electron chi connectivity index (χ4n) is 5.09. The molecule has 0 amide bonds. The van der Waals surface area contributed by atoms with E-state index in [-0.39, 0.29) is 10.5 Å². The summed E-state index contributed by atoms with van der Waals surface area (Å²) in [5.74, 6) is -0.957. The molecule has 1 fully saturated rings. The number of carbonyl (C=O) groups is 2. The zero-order valence-corrected chi connectivity index (χ0v) is 19.5. The lowest BCUT2D eigenvalue weighted by atomic mass is 9.81. The van der Waals surface area contributed by atoms with Crippen molar-refractivity contribution < 1.29 is 19.1 Å². The number of hydrogen-bond acceptors (Lipinski definition) is 4. The van der Waals surface area contributed by atoms with Crippen LogP contribution in [0.4, 0.5) is 0 Å². The van der Waals surface area contributed by atoms with Gasteiger partial charge in [0, 0.05) is 0 Å². The van der Waals surface area contributed by atoms with Crippen molar-refractivity contribution in [2.45, 2.75) is 71.0 Å². The predicted octanol–water partition coefficient (Wildman–Crippen LogP) is 5.12. The van der Waals surface area contributed by atoms with E-state index in [0.717, 1.165) is 19.3 Å². The van der Waals surface area contributed by atoms with Crippen molar-refractivity contribution in [2.24, 2.45) is 10.8 Å². The summed E-state index contributed by atoms with van der Waals surface area (Å²) in [6.45, 7) is 15.9. The Hall–Kier alpha value is -1.62. The first-order valence-electron chi connectivity index (χ1n) is 10.2. The fraction of sp³-hybridized carbons (Fsp3) is 0.652. The van der Waals surface area contributed by atoms with Crippen LogP contribution in [0.3, 0.4) is 0 Å². The summed E-state index contributed by atoms with van der Waals surface area (Å²) in [5.41, 5.74) is 2.78. The van der Waals surface area contributed by atoms with Gasteiger partial charge in [0.1, 0.15) is 0 Å². The van der Waals surface area contributed by atoms with E-state index >= 15 is 0 Å². The third-order valence-corrected chi connectivity index (χ3v) is 13.4. The molecule has 0 aromatic rings. The van der Waals surface area contributed by atoms with Crippen molar-refractivity contribution in [3.05, 3.63) is 34.6 Å². The van der Waals surface area contributed by atoms with Gasteiger partial charge in [-0.15, -0.1) is 0 Å². The Labute approximate surface area is 170 Å². The molecule has 3 aliphatic rings. The minimum absolute atomic E-state index is 0.143. The molecule has 0 radical (unpaired) electrons. The molecule has 28 heavy (non-hydrogen) atoms. The number of carbonyl (C=O) groups excluding carboxylic acids is 2. The third kappa shape index (κ3) is 2.77. The van der Waals surface area contributed by atoms with Crippen LogP contribution in [0, 0.1) is 10.8 Å². The van der Waals surface area contributed by atoms with Crippen LogP contribution in [0.25, 0.3) is 0 Å². The van der Waals surface area contributed by atoms with Crippen molar-refractivity contribution in [2.75, 3.05) is 14.2 Å². The van der Waals surface area contributed by atoms with Crippen LogP contribution >= 0.6 is 0 Å². The largest absolute Gasteiger partial charge is 0.468 e. The SMILES string of the molecule is C=CC1=C([Si](C)(C)C(C)(C)C)C2=C(CC13CC3)CC(C(=O)OC)(C(=O)OC)C2. The molecule has 0 aromatic heterocycles. The Morgan fingerprint density at radius 2 is 1.57 bits per heavy atom. The van der Waals surface area contributed by atoms with Gasteiger partial charge in [0.25, 0.3) is 0 Å². The highest BCUT2D eigenvalue weighted by Gasteiger charge is 2.60. The number of methoxy groups -OCH3 is 2. The highest BCUT2D eigenvalue weighted by molar-refractivity contribution is 6.87. The molecule has 1 saturated carbocycles. The Kier molecular flexibility index (Phi) is 4.85. The van der Waals surface area contributed by atoms with Crippen LogP contribution in [0.2, 0.25) is 18.1 Å². The van der Waals surface area contributed by atoms with Crippen molar-refractivity contribution in [3.63, 3.8) is 0 Å². The maximum absolute atomic E-state index is 12.8. The first-order chi connectivity index (χ1) is 12.9. The molecule has 0 heterocycles. The van der Waals surface area contributed by atoms with Gasteiger partial charge in [0.15, 0.2) is 5.41 Å². The van der Waals surface area contributed by atoms with Crippen molar-refractivity contribution >= 4 is 20.0 Å². The molecule has 0 aromatic carbocycles. The van der Waals surface area contributed by atoms with Crippen molar-refractivity contribution in [3.8, 4) is 0 Å². The first kappa shape index (κ1) is 21.1. The second-order valence-electron chi connectivity index (χ2n) is 10.3. The number of ether oxygens (including phenoxy) is 2. The van der Waals surface area contributed by atoms with Gasteiger partial charge in [0.05, 0.1) is 22.3 Å². The molecule has 5 heteroatoms. The number of esters is 2. The van der Waals surface area contributed by atoms with Gasteiger partial charge in [-0.25, -0.2) is 0 Å². The summed E-state index contributed by atoms with van der Waals surface area (Å²) in [6.07, 6.45) is 6.11. The maximum atomic E-state index is 12.8. The second-order valence-corrected chi connectivity index (χ2v) is 15.6. The molecule has 0 unspecified atom stereocenters. The first-order valence-corrected chi connectivity index (χ1v) is 13.2. The quantitative estimate of drug-likeness (QED) is 0.372. The average Bonchev–Trinajstić information content (AvgIpc) is 3.28. The molecular formula is C23H34O4Si. The Morgan fingerprint density at radius 3 is 1.96 bits per heavy atom. The lowest BCUT2D eigenvalue weighted by molar-refractivity contribution is -0.168. The van der Waals surface area contributed by atoms with Gasteiger partial charge in [-0.3, -0.25) is 9.59 Å². The van der Waals surface area contributed by atoms with Crippen LogP contribution in [0.15, 0.2) is 34.6 Å². The van der Waals surface area contributed by atoms with Crippen LogP contribution in [-0.2, 0) is 19.1 Å². The van der Waals surface area contributed by atoms with E-state index in [1.54, 1.807) is 0 Å². The van der Waals surface area contributed by atoms with Crippen LogP contribution < -0.4 is 0 Å². The molecular weight excluding hydrogens is 368 g/mol. The molecule has 0 saturated heterocycles. The minimum atomic E-state index is -1.93. The third-order valence-electron chi connectivity index (χ3n) is 7.82. The summed E-state index contributed by atoms with van der Waals surface area (Å²) in [4.78, 5) is 25.6. The highest BCUT2D eigenvalue weighted by Crippen LogP contribution is 2.66. The molecule has 0 bridgehead atoms. The summed E-state index contributed by atoms with van der Waals surface area (Å²) in [5, 5.41) is 1.56. The standard InChI is InChI=1S/C23H34O4Si/c1-9-17-18(28(7,8)21(2,3)4)16-14-23(19(24)26-5,20(25)27-6)13-15(16)12-22(17)10-11-22/h9H,1,10-14H2,2-8H3. The van der Waals surface area contributed by atoms with E-state index < -0.39 is 25.4 Å². The van der Waals surface area contributed by atoms with Crippen molar-refractivity contribution in [1.82, 2.24) is 0 Å². The normalized spacial score (nSPS) is 22.8. The molecule has 3 aliphatic carbocycles. The minimum Gasteiger partial charge on any atom is -0.468 e. The van der Waals surface area contributed by atoms with E-state index in [1.165, 1.54) is 36.1 Å². The molecule has 1 spiro atoms. The monoisotopic (exact) mass is 402 g/mol. The maximum Gasteiger partial charge on any atom is 0.323 e. The molecule has 0 atom stereocenters. The number of rotatable bonds is 4. The molecule has 0 aliphatic heterocycles. The van der Waals surface area contributed by atoms with Gasteiger partial charge in [-0.05, 0) is 53.7 Å².